The standard InChI is InChI=1S/C20H28N6.HI/c1-15-4-6-18(12-16(15)2)24-20(21)23-14-17-5-7-19(22-13-17)26-10-8-25(3)9-11-26;/h4-7,12-13H,8-11,14H2,1-3H3,(H3,21,23,24);1H. The molecule has 3 rings (SSSR count). The first kappa shape index (κ1) is 21.4. The van der Waals surface area contributed by atoms with Crippen LogP contribution in [0.4, 0.5) is 11.5 Å². The fourth-order valence-electron chi connectivity index (χ4n) is 2.92. The molecule has 6 nitrogen and oxygen atoms in total. The molecule has 1 aliphatic rings. The lowest BCUT2D eigenvalue weighted by atomic mass is 10.1. The summed E-state index contributed by atoms with van der Waals surface area (Å²) in [4.78, 5) is 13.7. The number of nitrogens with one attached hydrogen (secondary N) is 1. The molecule has 0 aliphatic carbocycles. The van der Waals surface area contributed by atoms with Gasteiger partial charge in [0.05, 0.1) is 6.54 Å². The van der Waals surface area contributed by atoms with Crippen molar-refractivity contribution in [2.45, 2.75) is 20.4 Å². The molecule has 146 valence electrons. The van der Waals surface area contributed by atoms with Crippen LogP contribution in [0.15, 0.2) is 41.5 Å². The highest BCUT2D eigenvalue weighted by Crippen LogP contribution is 2.15. The first-order valence-corrected chi connectivity index (χ1v) is 9.04. The van der Waals surface area contributed by atoms with E-state index in [1.54, 1.807) is 0 Å². The van der Waals surface area contributed by atoms with Gasteiger partial charge in [0.15, 0.2) is 5.96 Å². The number of likely N-dealkylation sites (N-methyl/N-ethyl adjacent to an activating group) is 1. The van der Waals surface area contributed by atoms with Crippen LogP contribution in [-0.2, 0) is 6.54 Å². The maximum absolute atomic E-state index is 6.01. The van der Waals surface area contributed by atoms with Gasteiger partial charge in [0.1, 0.15) is 5.82 Å². The number of benzene rings is 1. The van der Waals surface area contributed by atoms with Crippen molar-refractivity contribution < 1.29 is 0 Å². The maximum atomic E-state index is 6.01. The molecule has 1 fully saturated rings. The molecule has 1 saturated heterocycles. The predicted octanol–water partition coefficient (Wildman–Crippen LogP) is 3.00. The summed E-state index contributed by atoms with van der Waals surface area (Å²) < 4.78 is 0. The Balaban J connectivity index is 0.00000261. The summed E-state index contributed by atoms with van der Waals surface area (Å²) in [6.45, 7) is 8.89. The van der Waals surface area contributed by atoms with Crippen molar-refractivity contribution in [2.24, 2.45) is 10.7 Å². The number of hydrogen-bond donors (Lipinski definition) is 2. The molecule has 27 heavy (non-hydrogen) atoms. The molecule has 0 unspecified atom stereocenters. The minimum Gasteiger partial charge on any atom is -0.370 e. The Morgan fingerprint density at radius 2 is 1.85 bits per heavy atom. The third-order valence-electron chi connectivity index (χ3n) is 4.85. The van der Waals surface area contributed by atoms with Crippen LogP contribution in [0.1, 0.15) is 16.7 Å². The summed E-state index contributed by atoms with van der Waals surface area (Å²) in [6.07, 6.45) is 1.89. The Morgan fingerprint density at radius 3 is 2.48 bits per heavy atom. The highest BCUT2D eigenvalue weighted by atomic mass is 127. The van der Waals surface area contributed by atoms with Crippen LogP contribution in [-0.4, -0.2) is 49.1 Å². The first-order valence-electron chi connectivity index (χ1n) is 9.04. The lowest BCUT2D eigenvalue weighted by molar-refractivity contribution is 0.312. The molecule has 1 aromatic heterocycles. The smallest absolute Gasteiger partial charge is 0.193 e. The SMILES string of the molecule is Cc1ccc(NC(N)=NCc2ccc(N3CCN(C)CC3)nc2)cc1C.I. The average Bonchev–Trinajstić information content (AvgIpc) is 2.64. The second-order valence-corrected chi connectivity index (χ2v) is 6.94. The monoisotopic (exact) mass is 480 g/mol. The van der Waals surface area contributed by atoms with E-state index in [-0.39, 0.29) is 24.0 Å². The molecule has 7 heteroatoms. The van der Waals surface area contributed by atoms with Crippen molar-refractivity contribution in [2.75, 3.05) is 43.4 Å². The quantitative estimate of drug-likeness (QED) is 0.400. The van der Waals surface area contributed by atoms with Crippen molar-refractivity contribution in [1.82, 2.24) is 9.88 Å². The number of guanidine groups is 1. The van der Waals surface area contributed by atoms with Gasteiger partial charge in [0.2, 0.25) is 0 Å². The third kappa shape index (κ3) is 6.07. The summed E-state index contributed by atoms with van der Waals surface area (Å²) in [6, 6.07) is 10.3. The topological polar surface area (TPSA) is 69.8 Å². The summed E-state index contributed by atoms with van der Waals surface area (Å²) in [5, 5.41) is 3.14. The van der Waals surface area contributed by atoms with Gasteiger partial charge >= 0.3 is 0 Å². The Hall–Kier alpha value is -1.87. The Labute approximate surface area is 178 Å². The minimum absolute atomic E-state index is 0. The summed E-state index contributed by atoms with van der Waals surface area (Å²) in [5.74, 6) is 1.45. The van der Waals surface area contributed by atoms with E-state index in [2.05, 4.69) is 70.3 Å². The molecule has 1 aromatic carbocycles. The molecule has 0 bridgehead atoms. The Morgan fingerprint density at radius 1 is 1.11 bits per heavy atom. The third-order valence-corrected chi connectivity index (χ3v) is 4.85. The number of aliphatic imine (C=N–C) groups is 1. The van der Waals surface area contributed by atoms with Gasteiger partial charge in [0, 0.05) is 38.1 Å². The summed E-state index contributed by atoms with van der Waals surface area (Å²) in [5.41, 5.74) is 10.5. The second kappa shape index (κ2) is 9.89. The van der Waals surface area contributed by atoms with Crippen molar-refractivity contribution >= 4 is 41.4 Å². The van der Waals surface area contributed by atoms with Crippen LogP contribution in [0.2, 0.25) is 0 Å². The zero-order valence-corrected chi connectivity index (χ0v) is 18.6. The number of nitrogens with zero attached hydrogens (tertiary/aromatic N) is 4. The molecule has 0 amide bonds. The van der Waals surface area contributed by atoms with Crippen LogP contribution < -0.4 is 16.0 Å². The molecule has 2 aromatic rings. The van der Waals surface area contributed by atoms with Gasteiger partial charge in [-0.3, -0.25) is 0 Å². The van der Waals surface area contributed by atoms with Gasteiger partial charge in [-0.15, -0.1) is 24.0 Å². The van der Waals surface area contributed by atoms with E-state index in [0.717, 1.165) is 43.2 Å². The molecular formula is C20H29IN6. The average molecular weight is 480 g/mol. The summed E-state index contributed by atoms with van der Waals surface area (Å²) >= 11 is 0. The number of rotatable bonds is 4. The zero-order chi connectivity index (χ0) is 18.5. The van der Waals surface area contributed by atoms with E-state index >= 15 is 0 Å². The van der Waals surface area contributed by atoms with Crippen molar-refractivity contribution in [3.8, 4) is 0 Å². The molecule has 0 radical (unpaired) electrons. The minimum atomic E-state index is 0. The van der Waals surface area contributed by atoms with Crippen LogP contribution in [0.5, 0.6) is 0 Å². The highest BCUT2D eigenvalue weighted by Gasteiger charge is 2.14. The van der Waals surface area contributed by atoms with E-state index in [4.69, 9.17) is 5.73 Å². The normalized spacial score (nSPS) is 15.4. The maximum Gasteiger partial charge on any atom is 0.193 e. The lowest BCUT2D eigenvalue weighted by Gasteiger charge is -2.33. The van der Waals surface area contributed by atoms with Crippen LogP contribution >= 0.6 is 24.0 Å². The number of hydrogen-bond acceptors (Lipinski definition) is 4. The fraction of sp³-hybridized carbons (Fsp3) is 0.400. The zero-order valence-electron chi connectivity index (χ0n) is 16.3. The Bertz CT molecular complexity index is 767. The van der Waals surface area contributed by atoms with Gasteiger partial charge in [-0.1, -0.05) is 12.1 Å². The predicted molar refractivity (Wildman–Crippen MR) is 124 cm³/mol. The van der Waals surface area contributed by atoms with Crippen LogP contribution in [0.3, 0.4) is 0 Å². The number of aryl methyl sites for hydroxylation is 2. The largest absolute Gasteiger partial charge is 0.370 e. The molecule has 2 heterocycles. The molecular weight excluding hydrogens is 451 g/mol. The number of anilines is 2. The fourth-order valence-corrected chi connectivity index (χ4v) is 2.92. The molecule has 3 N–H and O–H groups in total. The van der Waals surface area contributed by atoms with E-state index < -0.39 is 0 Å². The molecule has 0 saturated carbocycles. The van der Waals surface area contributed by atoms with Crippen LogP contribution in [0, 0.1) is 13.8 Å². The van der Waals surface area contributed by atoms with Crippen molar-refractivity contribution in [3.05, 3.63) is 53.2 Å². The molecule has 1 aliphatic heterocycles. The van der Waals surface area contributed by atoms with Gasteiger partial charge in [-0.2, -0.15) is 0 Å². The van der Waals surface area contributed by atoms with E-state index in [0.29, 0.717) is 12.5 Å². The number of pyridine rings is 1. The van der Waals surface area contributed by atoms with Gasteiger partial charge in [-0.05, 0) is 55.8 Å². The van der Waals surface area contributed by atoms with E-state index in [1.165, 1.54) is 11.1 Å². The Kier molecular flexibility index (Phi) is 7.85. The van der Waals surface area contributed by atoms with E-state index in [9.17, 15) is 0 Å². The van der Waals surface area contributed by atoms with Crippen molar-refractivity contribution in [3.63, 3.8) is 0 Å². The lowest BCUT2D eigenvalue weighted by Crippen LogP contribution is -2.44. The number of aromatic nitrogens is 1. The molecule has 0 atom stereocenters. The van der Waals surface area contributed by atoms with Crippen molar-refractivity contribution in [1.29, 1.82) is 0 Å². The van der Waals surface area contributed by atoms with Gasteiger partial charge in [0.25, 0.3) is 0 Å². The number of piperazine rings is 1. The second-order valence-electron chi connectivity index (χ2n) is 6.94. The first-order chi connectivity index (χ1) is 12.5. The van der Waals surface area contributed by atoms with Crippen LogP contribution in [0.25, 0.3) is 0 Å². The van der Waals surface area contributed by atoms with Gasteiger partial charge < -0.3 is 20.9 Å². The highest BCUT2D eigenvalue weighted by molar-refractivity contribution is 14.0. The number of nitrogens with two attached hydrogens (primary N) is 1. The molecule has 0 spiro atoms. The van der Waals surface area contributed by atoms with Gasteiger partial charge in [-0.25, -0.2) is 9.98 Å². The van der Waals surface area contributed by atoms with E-state index in [1.807, 2.05) is 12.3 Å². The summed E-state index contributed by atoms with van der Waals surface area (Å²) in [7, 11) is 2.15. The number of halogens is 1.